The third-order valence-corrected chi connectivity index (χ3v) is 3.58. The van der Waals surface area contributed by atoms with Crippen molar-refractivity contribution in [3.63, 3.8) is 0 Å². The Balaban J connectivity index is 1.91. The molecule has 1 aliphatic rings. The number of carbonyl (C=O) groups excluding carboxylic acids is 1. The number of hydrogen-bond donors (Lipinski definition) is 1. The van der Waals surface area contributed by atoms with E-state index in [2.05, 4.69) is 5.32 Å². The molecule has 2 aromatic rings. The standard InChI is InChI=1S/C14H8Cl3NO2/c15-9-3-8(4-10(16)6-9)14-18-11-2-1-7(13(17)19)5-12(11)20-14/h1-6,14,18H. The molecule has 1 atom stereocenters. The zero-order chi connectivity index (χ0) is 14.3. The lowest BCUT2D eigenvalue weighted by molar-refractivity contribution is 0.108. The van der Waals surface area contributed by atoms with Gasteiger partial charge in [0.05, 0.1) is 5.69 Å². The van der Waals surface area contributed by atoms with Crippen molar-refractivity contribution in [3.05, 3.63) is 57.6 Å². The Morgan fingerprint density at radius 2 is 1.80 bits per heavy atom. The van der Waals surface area contributed by atoms with Crippen molar-refractivity contribution in [3.8, 4) is 5.75 Å². The summed E-state index contributed by atoms with van der Waals surface area (Å²) in [5.74, 6) is 0.567. The number of carbonyl (C=O) groups is 1. The topological polar surface area (TPSA) is 38.3 Å². The predicted octanol–water partition coefficient (Wildman–Crippen LogP) is 4.88. The van der Waals surface area contributed by atoms with Crippen molar-refractivity contribution in [1.29, 1.82) is 0 Å². The lowest BCUT2D eigenvalue weighted by Gasteiger charge is -2.12. The highest BCUT2D eigenvalue weighted by Gasteiger charge is 2.24. The van der Waals surface area contributed by atoms with E-state index in [4.69, 9.17) is 39.5 Å². The van der Waals surface area contributed by atoms with Gasteiger partial charge in [-0.3, -0.25) is 4.79 Å². The van der Waals surface area contributed by atoms with Gasteiger partial charge < -0.3 is 10.1 Å². The average molecular weight is 329 g/mol. The highest BCUT2D eigenvalue weighted by Crippen LogP contribution is 2.39. The molecule has 1 aliphatic heterocycles. The molecule has 0 fully saturated rings. The maximum atomic E-state index is 11.1. The Bertz CT molecular complexity index is 683. The molecule has 0 aromatic heterocycles. The van der Waals surface area contributed by atoms with E-state index in [1.807, 2.05) is 0 Å². The molecule has 3 rings (SSSR count). The summed E-state index contributed by atoms with van der Waals surface area (Å²) in [6.07, 6.45) is -0.401. The van der Waals surface area contributed by atoms with Crippen LogP contribution in [0, 0.1) is 0 Å². The molecule has 0 radical (unpaired) electrons. The number of rotatable bonds is 2. The average Bonchev–Trinajstić information content (AvgIpc) is 2.80. The summed E-state index contributed by atoms with van der Waals surface area (Å²) in [4.78, 5) is 11.1. The molecule has 0 saturated carbocycles. The lowest BCUT2D eigenvalue weighted by Crippen LogP contribution is -2.09. The number of halogens is 3. The van der Waals surface area contributed by atoms with E-state index >= 15 is 0 Å². The van der Waals surface area contributed by atoms with Crippen molar-refractivity contribution < 1.29 is 9.53 Å². The second kappa shape index (κ2) is 5.17. The summed E-state index contributed by atoms with van der Waals surface area (Å²) in [7, 11) is 0. The molecule has 0 saturated heterocycles. The van der Waals surface area contributed by atoms with E-state index in [-0.39, 0.29) is 0 Å². The quantitative estimate of drug-likeness (QED) is 0.799. The van der Waals surface area contributed by atoms with Crippen LogP contribution in [0.3, 0.4) is 0 Å². The molecule has 3 nitrogen and oxygen atoms in total. The van der Waals surface area contributed by atoms with E-state index in [0.717, 1.165) is 11.3 Å². The Labute approximate surface area is 130 Å². The minimum absolute atomic E-state index is 0.386. The Morgan fingerprint density at radius 3 is 2.45 bits per heavy atom. The van der Waals surface area contributed by atoms with Crippen molar-refractivity contribution in [2.45, 2.75) is 6.23 Å². The molecule has 1 N–H and O–H groups in total. The second-order valence-electron chi connectivity index (χ2n) is 4.33. The minimum atomic E-state index is -0.523. The molecule has 6 heteroatoms. The van der Waals surface area contributed by atoms with Gasteiger partial charge in [-0.05, 0) is 48.0 Å². The SMILES string of the molecule is O=C(Cl)c1ccc2c(c1)OC(c1cc(Cl)cc(Cl)c1)N2. The Hall–Kier alpha value is -1.42. The van der Waals surface area contributed by atoms with Crippen molar-refractivity contribution in [2.75, 3.05) is 5.32 Å². The van der Waals surface area contributed by atoms with Crippen molar-refractivity contribution >= 4 is 45.7 Å². The number of ether oxygens (including phenoxy) is 1. The van der Waals surface area contributed by atoms with Gasteiger partial charge in [-0.2, -0.15) is 0 Å². The summed E-state index contributed by atoms with van der Waals surface area (Å²) in [5.41, 5.74) is 1.97. The molecule has 0 bridgehead atoms. The van der Waals surface area contributed by atoms with Crippen molar-refractivity contribution in [1.82, 2.24) is 0 Å². The van der Waals surface area contributed by atoms with Gasteiger partial charge in [0, 0.05) is 21.2 Å². The Kier molecular flexibility index (Phi) is 3.50. The van der Waals surface area contributed by atoms with Gasteiger partial charge in [-0.15, -0.1) is 0 Å². The van der Waals surface area contributed by atoms with Crippen LogP contribution in [0.2, 0.25) is 10.0 Å². The number of benzene rings is 2. The molecular weight excluding hydrogens is 321 g/mol. The van der Waals surface area contributed by atoms with Gasteiger partial charge in [-0.25, -0.2) is 0 Å². The van der Waals surface area contributed by atoms with Crippen LogP contribution in [0.1, 0.15) is 22.1 Å². The van der Waals surface area contributed by atoms with Crippen LogP contribution in [-0.4, -0.2) is 5.24 Å². The fourth-order valence-corrected chi connectivity index (χ4v) is 2.70. The smallest absolute Gasteiger partial charge is 0.252 e. The number of hydrogen-bond acceptors (Lipinski definition) is 3. The molecule has 1 heterocycles. The fourth-order valence-electron chi connectivity index (χ4n) is 2.04. The summed E-state index contributed by atoms with van der Waals surface area (Å²) in [6.45, 7) is 0. The van der Waals surface area contributed by atoms with Crippen LogP contribution >= 0.6 is 34.8 Å². The number of anilines is 1. The van der Waals surface area contributed by atoms with Gasteiger partial charge in [0.15, 0.2) is 6.23 Å². The van der Waals surface area contributed by atoms with E-state index in [1.54, 1.807) is 36.4 Å². The normalized spacial score (nSPS) is 16.2. The number of fused-ring (bicyclic) bond motifs is 1. The first-order valence-corrected chi connectivity index (χ1v) is 6.89. The van der Waals surface area contributed by atoms with Crippen LogP contribution in [0.5, 0.6) is 5.75 Å². The first-order chi connectivity index (χ1) is 9.52. The first-order valence-electron chi connectivity index (χ1n) is 5.76. The number of nitrogens with one attached hydrogen (secondary N) is 1. The molecule has 102 valence electrons. The van der Waals surface area contributed by atoms with Crippen LogP contribution in [-0.2, 0) is 0 Å². The van der Waals surface area contributed by atoms with E-state index in [1.165, 1.54) is 0 Å². The maximum absolute atomic E-state index is 11.1. The van der Waals surface area contributed by atoms with Gasteiger partial charge in [0.25, 0.3) is 5.24 Å². The summed E-state index contributed by atoms with van der Waals surface area (Å²) in [5, 5.41) is 3.72. The van der Waals surface area contributed by atoms with Gasteiger partial charge in [0.1, 0.15) is 5.75 Å². The molecule has 2 aromatic carbocycles. The predicted molar refractivity (Wildman–Crippen MR) is 80.1 cm³/mol. The molecule has 20 heavy (non-hydrogen) atoms. The highest BCUT2D eigenvalue weighted by atomic mass is 35.5. The summed E-state index contributed by atoms with van der Waals surface area (Å²) in [6, 6.07) is 10.2. The third kappa shape index (κ3) is 2.57. The minimum Gasteiger partial charge on any atom is -0.464 e. The monoisotopic (exact) mass is 327 g/mol. The highest BCUT2D eigenvalue weighted by molar-refractivity contribution is 6.67. The van der Waals surface area contributed by atoms with Crippen LogP contribution in [0.25, 0.3) is 0 Å². The molecule has 0 aliphatic carbocycles. The van der Waals surface area contributed by atoms with E-state index in [0.29, 0.717) is 21.4 Å². The molecule has 1 unspecified atom stereocenters. The summed E-state index contributed by atoms with van der Waals surface area (Å²) >= 11 is 17.4. The van der Waals surface area contributed by atoms with Gasteiger partial charge in [0.2, 0.25) is 0 Å². The largest absolute Gasteiger partial charge is 0.464 e. The summed E-state index contributed by atoms with van der Waals surface area (Å²) < 4.78 is 5.75. The lowest BCUT2D eigenvalue weighted by atomic mass is 10.2. The zero-order valence-electron chi connectivity index (χ0n) is 9.99. The zero-order valence-corrected chi connectivity index (χ0v) is 12.3. The van der Waals surface area contributed by atoms with Crippen LogP contribution in [0.4, 0.5) is 5.69 Å². The van der Waals surface area contributed by atoms with E-state index in [9.17, 15) is 4.79 Å². The maximum Gasteiger partial charge on any atom is 0.252 e. The molecule has 0 spiro atoms. The molecular formula is C14H8Cl3NO2. The second-order valence-corrected chi connectivity index (χ2v) is 5.55. The van der Waals surface area contributed by atoms with Crippen LogP contribution in [0.15, 0.2) is 36.4 Å². The Morgan fingerprint density at radius 1 is 1.10 bits per heavy atom. The van der Waals surface area contributed by atoms with E-state index < -0.39 is 11.5 Å². The van der Waals surface area contributed by atoms with Gasteiger partial charge >= 0.3 is 0 Å². The van der Waals surface area contributed by atoms with Crippen molar-refractivity contribution in [2.24, 2.45) is 0 Å². The van der Waals surface area contributed by atoms with Gasteiger partial charge in [-0.1, -0.05) is 23.2 Å². The van der Waals surface area contributed by atoms with Crippen LogP contribution < -0.4 is 10.1 Å². The third-order valence-electron chi connectivity index (χ3n) is 2.93. The molecule has 0 amide bonds. The first kappa shape index (κ1) is 13.6. The fraction of sp³-hybridized carbons (Fsp3) is 0.0714.